The maximum Gasteiger partial charge on any atom is 0.416 e. The predicted octanol–water partition coefficient (Wildman–Crippen LogP) is 5.94. The number of hydrogen-bond acceptors (Lipinski definition) is 5. The Labute approximate surface area is 223 Å². The van der Waals surface area contributed by atoms with E-state index in [1.54, 1.807) is 45.7 Å². The molecular weight excluding hydrogens is 503 g/mol. The largest absolute Gasteiger partial charge is 0.416 e. The number of aryl methyl sites for hydroxylation is 1. The molecule has 0 amide bonds. The second kappa shape index (κ2) is 10.3. The van der Waals surface area contributed by atoms with Gasteiger partial charge in [-0.3, -0.25) is 0 Å². The standard InChI is InChI=1S/C29H26F3N7/c1-19-24(25-13-14-34-39(25)23-11-9-20(17-33)10-12-23)18-38-28(35-26(36-38)8-5-15-37(2)3)27(19)21-6-4-7-22(16-21)29(30,31)32/h4,6-7,9-14,16,18H,5,8,15H2,1-3H3. The monoisotopic (exact) mass is 529 g/mol. The Balaban J connectivity index is 1.70. The van der Waals surface area contributed by atoms with E-state index in [2.05, 4.69) is 16.1 Å². The molecule has 3 aromatic heterocycles. The van der Waals surface area contributed by atoms with Crippen LogP contribution in [0.25, 0.3) is 33.7 Å². The molecule has 0 N–H and O–H groups in total. The topological polar surface area (TPSA) is 75.0 Å². The van der Waals surface area contributed by atoms with E-state index in [1.165, 1.54) is 6.07 Å². The summed E-state index contributed by atoms with van der Waals surface area (Å²) in [7, 11) is 3.99. The van der Waals surface area contributed by atoms with Gasteiger partial charge in [-0.15, -0.1) is 0 Å². The van der Waals surface area contributed by atoms with Crippen molar-refractivity contribution in [1.82, 2.24) is 29.3 Å². The average molecular weight is 530 g/mol. The Kier molecular flexibility index (Phi) is 6.93. The fraction of sp³-hybridized carbons (Fsp3) is 0.241. The molecule has 39 heavy (non-hydrogen) atoms. The first-order chi connectivity index (χ1) is 18.7. The Bertz CT molecular complexity index is 1670. The van der Waals surface area contributed by atoms with Gasteiger partial charge in [0.15, 0.2) is 11.5 Å². The normalized spacial score (nSPS) is 11.8. The van der Waals surface area contributed by atoms with E-state index in [4.69, 9.17) is 15.3 Å². The van der Waals surface area contributed by atoms with Crippen molar-refractivity contribution in [2.45, 2.75) is 25.9 Å². The van der Waals surface area contributed by atoms with E-state index in [1.807, 2.05) is 33.3 Å². The van der Waals surface area contributed by atoms with Gasteiger partial charge in [0.1, 0.15) is 0 Å². The van der Waals surface area contributed by atoms with E-state index in [-0.39, 0.29) is 0 Å². The van der Waals surface area contributed by atoms with E-state index in [0.717, 1.165) is 47.6 Å². The third-order valence-electron chi connectivity index (χ3n) is 6.57. The Morgan fingerprint density at radius 3 is 2.51 bits per heavy atom. The zero-order chi connectivity index (χ0) is 27.7. The number of pyridine rings is 1. The highest BCUT2D eigenvalue weighted by Gasteiger charge is 2.31. The highest BCUT2D eigenvalue weighted by atomic mass is 19.4. The molecule has 0 aliphatic carbocycles. The molecular formula is C29H26F3N7. The van der Waals surface area contributed by atoms with Gasteiger partial charge in [-0.1, -0.05) is 12.1 Å². The lowest BCUT2D eigenvalue weighted by Gasteiger charge is -2.16. The van der Waals surface area contributed by atoms with Gasteiger partial charge in [0, 0.05) is 23.7 Å². The summed E-state index contributed by atoms with van der Waals surface area (Å²) in [5.41, 5.74) is 4.28. The number of fused-ring (bicyclic) bond motifs is 1. The van der Waals surface area contributed by atoms with Gasteiger partial charge < -0.3 is 4.90 Å². The number of halogens is 3. The molecule has 10 heteroatoms. The fourth-order valence-electron chi connectivity index (χ4n) is 4.65. The van der Waals surface area contributed by atoms with Crippen molar-refractivity contribution in [2.75, 3.05) is 20.6 Å². The molecule has 7 nitrogen and oxygen atoms in total. The van der Waals surface area contributed by atoms with Crippen molar-refractivity contribution in [2.24, 2.45) is 0 Å². The first kappa shape index (κ1) is 26.1. The molecule has 3 heterocycles. The molecule has 0 atom stereocenters. The molecule has 198 valence electrons. The highest BCUT2D eigenvalue weighted by molar-refractivity contribution is 5.86. The van der Waals surface area contributed by atoms with E-state index in [0.29, 0.717) is 34.6 Å². The zero-order valence-electron chi connectivity index (χ0n) is 21.7. The van der Waals surface area contributed by atoms with E-state index < -0.39 is 11.7 Å². The molecule has 0 unspecified atom stereocenters. The zero-order valence-corrected chi connectivity index (χ0v) is 21.7. The molecule has 0 spiro atoms. The van der Waals surface area contributed by atoms with E-state index >= 15 is 0 Å². The van der Waals surface area contributed by atoms with Gasteiger partial charge in [-0.05, 0) is 87.6 Å². The predicted molar refractivity (Wildman–Crippen MR) is 142 cm³/mol. The molecule has 5 rings (SSSR count). The maximum absolute atomic E-state index is 13.6. The highest BCUT2D eigenvalue weighted by Crippen LogP contribution is 2.38. The van der Waals surface area contributed by atoms with Crippen LogP contribution in [-0.2, 0) is 12.6 Å². The first-order valence-corrected chi connectivity index (χ1v) is 12.4. The molecule has 0 radical (unpaired) electrons. The summed E-state index contributed by atoms with van der Waals surface area (Å²) in [5, 5.41) is 18.3. The number of benzene rings is 2. The van der Waals surface area contributed by atoms with Crippen LogP contribution in [-0.4, -0.2) is 49.9 Å². The molecule has 0 saturated carbocycles. The van der Waals surface area contributed by atoms with Crippen molar-refractivity contribution in [3.63, 3.8) is 0 Å². The molecule has 2 aromatic carbocycles. The van der Waals surface area contributed by atoms with Gasteiger partial charge in [-0.25, -0.2) is 14.2 Å². The summed E-state index contributed by atoms with van der Waals surface area (Å²) in [5.74, 6) is 0.627. The van der Waals surface area contributed by atoms with Crippen molar-refractivity contribution in [3.05, 3.63) is 89.5 Å². The van der Waals surface area contributed by atoms with Crippen LogP contribution in [0.1, 0.15) is 28.9 Å². The average Bonchev–Trinajstić information content (AvgIpc) is 3.55. The fourth-order valence-corrected chi connectivity index (χ4v) is 4.65. The summed E-state index contributed by atoms with van der Waals surface area (Å²) in [6.07, 6.45) is 0.521. The van der Waals surface area contributed by atoms with Gasteiger partial charge in [0.2, 0.25) is 0 Å². The molecule has 0 saturated heterocycles. The maximum atomic E-state index is 13.6. The van der Waals surface area contributed by atoms with Crippen LogP contribution in [0.4, 0.5) is 13.2 Å². The number of nitrogens with zero attached hydrogens (tertiary/aromatic N) is 7. The van der Waals surface area contributed by atoms with Gasteiger partial charge in [-0.2, -0.15) is 28.6 Å². The molecule has 5 aromatic rings. The van der Waals surface area contributed by atoms with Crippen molar-refractivity contribution < 1.29 is 13.2 Å². The van der Waals surface area contributed by atoms with Crippen LogP contribution >= 0.6 is 0 Å². The van der Waals surface area contributed by atoms with E-state index in [9.17, 15) is 13.2 Å². The van der Waals surface area contributed by atoms with Crippen LogP contribution in [0.2, 0.25) is 0 Å². The van der Waals surface area contributed by atoms with Crippen LogP contribution in [0.15, 0.2) is 67.0 Å². The SMILES string of the molecule is Cc1c(-c2ccnn2-c2ccc(C#N)cc2)cn2nc(CCCN(C)C)nc2c1-c1cccc(C(F)(F)F)c1. The second-order valence-electron chi connectivity index (χ2n) is 9.61. The van der Waals surface area contributed by atoms with Crippen LogP contribution in [0.3, 0.4) is 0 Å². The first-order valence-electron chi connectivity index (χ1n) is 12.4. The number of aromatic nitrogens is 5. The summed E-state index contributed by atoms with van der Waals surface area (Å²) >= 11 is 0. The number of alkyl halides is 3. The Morgan fingerprint density at radius 2 is 1.82 bits per heavy atom. The summed E-state index contributed by atoms with van der Waals surface area (Å²) in [6.45, 7) is 2.74. The third kappa shape index (κ3) is 5.26. The minimum absolute atomic E-state index is 0.408. The molecule has 0 fully saturated rings. The van der Waals surface area contributed by atoms with Crippen molar-refractivity contribution >= 4 is 5.65 Å². The lowest BCUT2D eigenvalue weighted by Crippen LogP contribution is -2.13. The minimum Gasteiger partial charge on any atom is -0.309 e. The lowest BCUT2D eigenvalue weighted by molar-refractivity contribution is -0.137. The number of hydrogen-bond donors (Lipinski definition) is 0. The minimum atomic E-state index is -4.48. The van der Waals surface area contributed by atoms with Gasteiger partial charge in [0.05, 0.1) is 34.8 Å². The second-order valence-corrected chi connectivity index (χ2v) is 9.61. The number of nitriles is 1. The molecule has 0 aliphatic heterocycles. The Hall–Kier alpha value is -4.49. The quantitative estimate of drug-likeness (QED) is 0.261. The molecule has 0 aliphatic rings. The number of rotatable bonds is 7. The van der Waals surface area contributed by atoms with Crippen molar-refractivity contribution in [3.8, 4) is 34.1 Å². The molecule has 0 bridgehead atoms. The van der Waals surface area contributed by atoms with Crippen LogP contribution < -0.4 is 0 Å². The summed E-state index contributed by atoms with van der Waals surface area (Å²) in [4.78, 5) is 6.84. The Morgan fingerprint density at radius 1 is 1.05 bits per heavy atom. The third-order valence-corrected chi connectivity index (χ3v) is 6.57. The summed E-state index contributed by atoms with van der Waals surface area (Å²) in [6, 6.07) is 16.3. The van der Waals surface area contributed by atoms with Crippen LogP contribution in [0.5, 0.6) is 0 Å². The smallest absolute Gasteiger partial charge is 0.309 e. The van der Waals surface area contributed by atoms with Crippen molar-refractivity contribution in [1.29, 1.82) is 5.26 Å². The summed E-state index contributed by atoms with van der Waals surface area (Å²) < 4.78 is 44.3. The van der Waals surface area contributed by atoms with Crippen LogP contribution in [0, 0.1) is 18.3 Å². The van der Waals surface area contributed by atoms with Gasteiger partial charge in [0.25, 0.3) is 0 Å². The lowest BCUT2D eigenvalue weighted by atomic mass is 9.95. The van der Waals surface area contributed by atoms with Gasteiger partial charge >= 0.3 is 6.18 Å².